The van der Waals surface area contributed by atoms with Gasteiger partial charge in [-0.2, -0.15) is 0 Å². The van der Waals surface area contributed by atoms with Crippen molar-refractivity contribution in [1.82, 2.24) is 4.57 Å². The van der Waals surface area contributed by atoms with Gasteiger partial charge in [-0.1, -0.05) is 35.6 Å². The van der Waals surface area contributed by atoms with Crippen molar-refractivity contribution in [3.63, 3.8) is 0 Å². The van der Waals surface area contributed by atoms with Gasteiger partial charge in [-0.05, 0) is 69.2 Å². The van der Waals surface area contributed by atoms with Crippen molar-refractivity contribution in [2.24, 2.45) is 4.99 Å². The number of fused-ring (bicyclic) bond motifs is 1. The molecule has 0 spiro atoms. The van der Waals surface area contributed by atoms with E-state index >= 15 is 0 Å². The molecule has 4 rings (SSSR count). The first-order valence-electron chi connectivity index (χ1n) is 12.1. The summed E-state index contributed by atoms with van der Waals surface area (Å²) in [5.74, 6) is 0.289. The number of ether oxygens (including phenoxy) is 2. The van der Waals surface area contributed by atoms with Crippen LogP contribution in [0.1, 0.15) is 44.9 Å². The standard InChI is InChI=1S/C28H31N3O4S/c1-6-30(7-2)21-13-11-20(12-14-21)25-24(27(33)35-8-3)18(4)29-28-31(25)26(32)23(36-28)17-19-9-15-22(34-5)16-10-19/h9-17,25H,6-8H2,1-5H3/b23-17+/t25-/m0/s1. The molecule has 1 aliphatic rings. The van der Waals surface area contributed by atoms with E-state index in [0.717, 1.165) is 35.7 Å². The van der Waals surface area contributed by atoms with Crippen molar-refractivity contribution in [3.05, 3.63) is 90.6 Å². The highest BCUT2D eigenvalue weighted by molar-refractivity contribution is 7.07. The van der Waals surface area contributed by atoms with E-state index in [-0.39, 0.29) is 12.2 Å². The van der Waals surface area contributed by atoms with Crippen LogP contribution in [0.15, 0.2) is 69.6 Å². The third-order valence-corrected chi connectivity index (χ3v) is 7.25. The van der Waals surface area contributed by atoms with Crippen molar-refractivity contribution < 1.29 is 14.3 Å². The van der Waals surface area contributed by atoms with Crippen LogP contribution in [0.2, 0.25) is 0 Å². The number of carbonyl (C=O) groups excluding carboxylic acids is 1. The van der Waals surface area contributed by atoms with Crippen LogP contribution in [-0.2, 0) is 9.53 Å². The number of methoxy groups -OCH3 is 1. The number of esters is 1. The molecule has 0 fully saturated rings. The van der Waals surface area contributed by atoms with Gasteiger partial charge < -0.3 is 14.4 Å². The maximum absolute atomic E-state index is 13.7. The molecule has 0 saturated heterocycles. The lowest BCUT2D eigenvalue weighted by atomic mass is 9.95. The molecular formula is C28H31N3O4S. The van der Waals surface area contributed by atoms with E-state index in [1.165, 1.54) is 11.3 Å². The largest absolute Gasteiger partial charge is 0.497 e. The van der Waals surface area contributed by atoms with E-state index in [4.69, 9.17) is 9.47 Å². The molecule has 3 aromatic rings. The summed E-state index contributed by atoms with van der Waals surface area (Å²) in [6.07, 6.45) is 1.84. The second-order valence-electron chi connectivity index (χ2n) is 8.34. The number of nitrogens with zero attached hydrogens (tertiary/aromatic N) is 3. The zero-order chi connectivity index (χ0) is 25.8. The van der Waals surface area contributed by atoms with Gasteiger partial charge in [0.05, 0.1) is 35.6 Å². The minimum atomic E-state index is -0.621. The maximum Gasteiger partial charge on any atom is 0.338 e. The molecule has 2 heterocycles. The number of hydrogen-bond donors (Lipinski definition) is 0. The Morgan fingerprint density at radius 3 is 2.33 bits per heavy atom. The van der Waals surface area contributed by atoms with Crippen LogP contribution in [-0.4, -0.2) is 37.3 Å². The molecule has 0 unspecified atom stereocenters. The summed E-state index contributed by atoms with van der Waals surface area (Å²) in [6, 6.07) is 14.9. The second kappa shape index (κ2) is 11.0. The summed E-state index contributed by atoms with van der Waals surface area (Å²) < 4.78 is 12.8. The number of rotatable bonds is 8. The average molecular weight is 506 g/mol. The smallest absolute Gasteiger partial charge is 0.338 e. The van der Waals surface area contributed by atoms with Gasteiger partial charge in [0.25, 0.3) is 5.56 Å². The van der Waals surface area contributed by atoms with Crippen LogP contribution < -0.4 is 24.5 Å². The van der Waals surface area contributed by atoms with Crippen LogP contribution in [0.25, 0.3) is 6.08 Å². The van der Waals surface area contributed by atoms with Gasteiger partial charge in [0.2, 0.25) is 0 Å². The van der Waals surface area contributed by atoms with Gasteiger partial charge >= 0.3 is 5.97 Å². The number of allylic oxidation sites excluding steroid dienone is 1. The zero-order valence-corrected chi connectivity index (χ0v) is 22.1. The molecule has 8 heteroatoms. The van der Waals surface area contributed by atoms with Crippen molar-refractivity contribution >= 4 is 29.1 Å². The molecular weight excluding hydrogens is 474 g/mol. The Morgan fingerprint density at radius 2 is 1.75 bits per heavy atom. The number of thiazole rings is 1. The molecule has 1 aliphatic heterocycles. The van der Waals surface area contributed by atoms with Crippen LogP contribution in [0, 0.1) is 0 Å². The number of hydrogen-bond acceptors (Lipinski definition) is 7. The van der Waals surface area contributed by atoms with Crippen LogP contribution in [0.5, 0.6) is 5.75 Å². The first kappa shape index (κ1) is 25.4. The molecule has 0 amide bonds. The zero-order valence-electron chi connectivity index (χ0n) is 21.3. The van der Waals surface area contributed by atoms with E-state index in [1.54, 1.807) is 25.5 Å². The Bertz CT molecular complexity index is 1450. The quantitative estimate of drug-likeness (QED) is 0.437. The van der Waals surface area contributed by atoms with Gasteiger partial charge in [0, 0.05) is 18.8 Å². The molecule has 1 atom stereocenters. The average Bonchev–Trinajstić information content (AvgIpc) is 3.19. The van der Waals surface area contributed by atoms with Crippen LogP contribution >= 0.6 is 11.3 Å². The third kappa shape index (κ3) is 4.86. The Hall–Kier alpha value is -3.65. The summed E-state index contributed by atoms with van der Waals surface area (Å²) in [4.78, 5) is 34.2. The van der Waals surface area contributed by atoms with E-state index in [0.29, 0.717) is 20.6 Å². The molecule has 0 bridgehead atoms. The van der Waals surface area contributed by atoms with Crippen molar-refractivity contribution in [3.8, 4) is 5.75 Å². The first-order chi connectivity index (χ1) is 17.4. The molecule has 0 N–H and O–H groups in total. The Kier molecular flexibility index (Phi) is 7.74. The Balaban J connectivity index is 1.87. The van der Waals surface area contributed by atoms with Gasteiger partial charge in [0.15, 0.2) is 4.80 Å². The minimum absolute atomic E-state index is 0.193. The summed E-state index contributed by atoms with van der Waals surface area (Å²) in [7, 11) is 1.62. The highest BCUT2D eigenvalue weighted by Gasteiger charge is 2.33. The van der Waals surface area contributed by atoms with E-state index in [2.05, 4.69) is 23.7 Å². The predicted octanol–water partition coefficient (Wildman–Crippen LogP) is 3.65. The molecule has 7 nitrogen and oxygen atoms in total. The highest BCUT2D eigenvalue weighted by Crippen LogP contribution is 2.31. The number of carbonyl (C=O) groups is 1. The molecule has 36 heavy (non-hydrogen) atoms. The van der Waals surface area contributed by atoms with E-state index < -0.39 is 12.0 Å². The lowest BCUT2D eigenvalue weighted by molar-refractivity contribution is -0.139. The number of anilines is 1. The number of aromatic nitrogens is 1. The molecule has 0 aliphatic carbocycles. The molecule has 0 saturated carbocycles. The first-order valence-corrected chi connectivity index (χ1v) is 12.9. The summed E-state index contributed by atoms with van der Waals surface area (Å²) in [6.45, 7) is 9.82. The lowest BCUT2D eigenvalue weighted by Crippen LogP contribution is -2.40. The van der Waals surface area contributed by atoms with E-state index in [9.17, 15) is 9.59 Å². The second-order valence-corrected chi connectivity index (χ2v) is 9.35. The maximum atomic E-state index is 13.7. The minimum Gasteiger partial charge on any atom is -0.497 e. The molecule has 0 radical (unpaired) electrons. The fourth-order valence-electron chi connectivity index (χ4n) is 4.41. The van der Waals surface area contributed by atoms with Gasteiger partial charge in [0.1, 0.15) is 5.75 Å². The topological polar surface area (TPSA) is 73.1 Å². The fourth-order valence-corrected chi connectivity index (χ4v) is 5.46. The lowest BCUT2D eigenvalue weighted by Gasteiger charge is -2.26. The van der Waals surface area contributed by atoms with Gasteiger partial charge in [-0.15, -0.1) is 0 Å². The SMILES string of the molecule is CCOC(=O)C1=C(C)N=c2s/c(=C/c3ccc(OC)cc3)c(=O)n2[C@H]1c1ccc(N(CC)CC)cc1. The summed E-state index contributed by atoms with van der Waals surface area (Å²) in [5, 5.41) is 0. The van der Waals surface area contributed by atoms with E-state index in [1.807, 2.05) is 54.6 Å². The van der Waals surface area contributed by atoms with Crippen molar-refractivity contribution in [2.45, 2.75) is 33.7 Å². The van der Waals surface area contributed by atoms with Crippen LogP contribution in [0.3, 0.4) is 0 Å². The molecule has 2 aromatic carbocycles. The summed E-state index contributed by atoms with van der Waals surface area (Å²) in [5.41, 5.74) is 3.55. The van der Waals surface area contributed by atoms with Gasteiger partial charge in [-0.25, -0.2) is 9.79 Å². The highest BCUT2D eigenvalue weighted by atomic mass is 32.1. The van der Waals surface area contributed by atoms with Crippen molar-refractivity contribution in [1.29, 1.82) is 0 Å². The Morgan fingerprint density at radius 1 is 1.08 bits per heavy atom. The monoisotopic (exact) mass is 505 g/mol. The predicted molar refractivity (Wildman–Crippen MR) is 143 cm³/mol. The van der Waals surface area contributed by atoms with Gasteiger partial charge in [-0.3, -0.25) is 9.36 Å². The normalized spacial score (nSPS) is 15.4. The van der Waals surface area contributed by atoms with Crippen LogP contribution in [0.4, 0.5) is 5.69 Å². The number of benzene rings is 2. The Labute approximate surface area is 214 Å². The molecule has 188 valence electrons. The third-order valence-electron chi connectivity index (χ3n) is 6.27. The fraction of sp³-hybridized carbons (Fsp3) is 0.321. The molecule has 1 aromatic heterocycles. The van der Waals surface area contributed by atoms with Crippen molar-refractivity contribution in [2.75, 3.05) is 31.7 Å². The summed E-state index contributed by atoms with van der Waals surface area (Å²) >= 11 is 1.31.